The van der Waals surface area contributed by atoms with Crippen molar-refractivity contribution in [1.82, 2.24) is 0 Å². The third-order valence-corrected chi connectivity index (χ3v) is 2.88. The normalized spacial score (nSPS) is 21.1. The number of carbonyl (C=O) groups excluding carboxylic acids is 1. The molecule has 0 aliphatic carbocycles. The molecular weight excluding hydrogens is 188 g/mol. The number of anilines is 1. The van der Waals surface area contributed by atoms with Gasteiger partial charge in [-0.2, -0.15) is 0 Å². The summed E-state index contributed by atoms with van der Waals surface area (Å²) in [6.45, 7) is 2.57. The molecule has 0 radical (unpaired) electrons. The number of amides is 1. The fourth-order valence-electron chi connectivity index (χ4n) is 2.10. The van der Waals surface area contributed by atoms with Gasteiger partial charge in [0, 0.05) is 24.7 Å². The summed E-state index contributed by atoms with van der Waals surface area (Å²) in [5.41, 5.74) is 7.82. The lowest BCUT2D eigenvalue weighted by molar-refractivity contribution is -0.117. The molecule has 0 spiro atoms. The van der Waals surface area contributed by atoms with E-state index in [9.17, 15) is 4.79 Å². The molecule has 2 rings (SSSR count). The van der Waals surface area contributed by atoms with Gasteiger partial charge in [-0.15, -0.1) is 0 Å². The van der Waals surface area contributed by atoms with E-state index < -0.39 is 0 Å². The van der Waals surface area contributed by atoms with Crippen LogP contribution in [0.3, 0.4) is 0 Å². The maximum Gasteiger partial charge on any atom is 0.227 e. The van der Waals surface area contributed by atoms with E-state index in [1.54, 1.807) is 0 Å². The van der Waals surface area contributed by atoms with Crippen molar-refractivity contribution in [2.24, 2.45) is 5.73 Å². The lowest BCUT2D eigenvalue weighted by Gasteiger charge is -2.23. The third-order valence-electron chi connectivity index (χ3n) is 2.88. The molecule has 0 bridgehead atoms. The summed E-state index contributed by atoms with van der Waals surface area (Å²) < 4.78 is 0. The van der Waals surface area contributed by atoms with E-state index in [0.717, 1.165) is 12.1 Å². The minimum atomic E-state index is 0.180. The van der Waals surface area contributed by atoms with E-state index in [0.29, 0.717) is 13.0 Å². The molecule has 80 valence electrons. The first-order valence-corrected chi connectivity index (χ1v) is 5.31. The molecule has 1 aliphatic rings. The molecule has 1 unspecified atom stereocenters. The SMILES string of the molecule is Cc1cccc(N2C(=O)CCC2CN)c1. The predicted molar refractivity (Wildman–Crippen MR) is 60.7 cm³/mol. The second-order valence-corrected chi connectivity index (χ2v) is 4.03. The van der Waals surface area contributed by atoms with Gasteiger partial charge >= 0.3 is 0 Å². The highest BCUT2D eigenvalue weighted by atomic mass is 16.2. The van der Waals surface area contributed by atoms with Crippen molar-refractivity contribution in [2.75, 3.05) is 11.4 Å². The van der Waals surface area contributed by atoms with Crippen LogP contribution in [-0.4, -0.2) is 18.5 Å². The number of benzene rings is 1. The summed E-state index contributed by atoms with van der Waals surface area (Å²) in [6.07, 6.45) is 1.50. The minimum absolute atomic E-state index is 0.180. The van der Waals surface area contributed by atoms with Crippen LogP contribution in [-0.2, 0) is 4.79 Å². The van der Waals surface area contributed by atoms with Crippen LogP contribution in [0.15, 0.2) is 24.3 Å². The number of aryl methyl sites for hydroxylation is 1. The molecule has 15 heavy (non-hydrogen) atoms. The Labute approximate surface area is 89.9 Å². The molecule has 1 fully saturated rings. The Morgan fingerprint density at radius 3 is 3.00 bits per heavy atom. The van der Waals surface area contributed by atoms with Crippen molar-refractivity contribution >= 4 is 11.6 Å². The Balaban J connectivity index is 2.32. The zero-order chi connectivity index (χ0) is 10.8. The monoisotopic (exact) mass is 204 g/mol. The number of hydrogen-bond acceptors (Lipinski definition) is 2. The standard InChI is InChI=1S/C12H16N2O/c1-9-3-2-4-10(7-9)14-11(8-13)5-6-12(14)15/h2-4,7,11H,5-6,8,13H2,1H3. The summed E-state index contributed by atoms with van der Waals surface area (Å²) in [7, 11) is 0. The molecule has 1 saturated heterocycles. The van der Waals surface area contributed by atoms with E-state index in [1.807, 2.05) is 36.1 Å². The number of nitrogens with zero attached hydrogens (tertiary/aromatic N) is 1. The van der Waals surface area contributed by atoms with Crippen molar-refractivity contribution in [1.29, 1.82) is 0 Å². The molecular formula is C12H16N2O. The van der Waals surface area contributed by atoms with Gasteiger partial charge in [0.15, 0.2) is 0 Å². The summed E-state index contributed by atoms with van der Waals surface area (Å²) in [5.74, 6) is 0.191. The third kappa shape index (κ3) is 1.88. The molecule has 2 N–H and O–H groups in total. The van der Waals surface area contributed by atoms with Gasteiger partial charge in [0.1, 0.15) is 0 Å². The maximum absolute atomic E-state index is 11.7. The molecule has 1 atom stereocenters. The molecule has 3 heteroatoms. The lowest BCUT2D eigenvalue weighted by atomic mass is 10.2. The summed E-state index contributed by atoms with van der Waals surface area (Å²) in [6, 6.07) is 8.19. The van der Waals surface area contributed by atoms with E-state index in [1.165, 1.54) is 5.56 Å². The Bertz CT molecular complexity index is 376. The summed E-state index contributed by atoms with van der Waals surface area (Å²) in [4.78, 5) is 13.6. The number of carbonyl (C=O) groups is 1. The number of hydrogen-bond donors (Lipinski definition) is 1. The second-order valence-electron chi connectivity index (χ2n) is 4.03. The van der Waals surface area contributed by atoms with Gasteiger partial charge in [0.2, 0.25) is 5.91 Å². The van der Waals surface area contributed by atoms with Crippen LogP contribution in [0.2, 0.25) is 0 Å². The second kappa shape index (κ2) is 4.03. The Hall–Kier alpha value is -1.35. The first kappa shape index (κ1) is 10.2. The molecule has 1 amide bonds. The van der Waals surface area contributed by atoms with Crippen LogP contribution in [0.1, 0.15) is 18.4 Å². The molecule has 0 aromatic heterocycles. The van der Waals surface area contributed by atoms with Gasteiger partial charge in [0.25, 0.3) is 0 Å². The van der Waals surface area contributed by atoms with Gasteiger partial charge in [0.05, 0.1) is 0 Å². The zero-order valence-electron chi connectivity index (χ0n) is 8.94. The van der Waals surface area contributed by atoms with Crippen LogP contribution in [0, 0.1) is 6.92 Å². The average Bonchev–Trinajstić information content (AvgIpc) is 2.59. The Morgan fingerprint density at radius 1 is 1.53 bits per heavy atom. The highest BCUT2D eigenvalue weighted by Gasteiger charge is 2.30. The van der Waals surface area contributed by atoms with Crippen molar-refractivity contribution in [3.8, 4) is 0 Å². The molecule has 3 nitrogen and oxygen atoms in total. The van der Waals surface area contributed by atoms with Crippen LogP contribution < -0.4 is 10.6 Å². The number of nitrogens with two attached hydrogens (primary N) is 1. The lowest BCUT2D eigenvalue weighted by Crippen LogP contribution is -2.38. The predicted octanol–water partition coefficient (Wildman–Crippen LogP) is 1.45. The van der Waals surface area contributed by atoms with E-state index in [4.69, 9.17) is 5.73 Å². The van der Waals surface area contributed by atoms with Gasteiger partial charge in [-0.1, -0.05) is 12.1 Å². The smallest absolute Gasteiger partial charge is 0.227 e. The highest BCUT2D eigenvalue weighted by molar-refractivity contribution is 5.96. The fraction of sp³-hybridized carbons (Fsp3) is 0.417. The topological polar surface area (TPSA) is 46.3 Å². The van der Waals surface area contributed by atoms with E-state index >= 15 is 0 Å². The summed E-state index contributed by atoms with van der Waals surface area (Å²) in [5, 5.41) is 0. The highest BCUT2D eigenvalue weighted by Crippen LogP contribution is 2.26. The zero-order valence-corrected chi connectivity index (χ0v) is 8.94. The van der Waals surface area contributed by atoms with Crippen molar-refractivity contribution in [2.45, 2.75) is 25.8 Å². The molecule has 1 aliphatic heterocycles. The van der Waals surface area contributed by atoms with E-state index in [2.05, 4.69) is 0 Å². The van der Waals surface area contributed by atoms with Gasteiger partial charge in [-0.25, -0.2) is 0 Å². The van der Waals surface area contributed by atoms with Crippen molar-refractivity contribution in [3.05, 3.63) is 29.8 Å². The minimum Gasteiger partial charge on any atom is -0.328 e. The molecule has 1 aromatic rings. The van der Waals surface area contributed by atoms with Gasteiger partial charge in [-0.05, 0) is 31.0 Å². The average molecular weight is 204 g/mol. The van der Waals surface area contributed by atoms with Gasteiger partial charge < -0.3 is 10.6 Å². The number of rotatable bonds is 2. The van der Waals surface area contributed by atoms with Crippen molar-refractivity contribution in [3.63, 3.8) is 0 Å². The summed E-state index contributed by atoms with van der Waals surface area (Å²) >= 11 is 0. The van der Waals surface area contributed by atoms with Crippen LogP contribution in [0.5, 0.6) is 0 Å². The Kier molecular flexibility index (Phi) is 2.73. The molecule has 1 aromatic carbocycles. The van der Waals surface area contributed by atoms with Crippen molar-refractivity contribution < 1.29 is 4.79 Å². The molecule has 0 saturated carbocycles. The first-order chi connectivity index (χ1) is 7.22. The van der Waals surface area contributed by atoms with Gasteiger partial charge in [-0.3, -0.25) is 4.79 Å². The van der Waals surface area contributed by atoms with Crippen LogP contribution >= 0.6 is 0 Å². The quantitative estimate of drug-likeness (QED) is 0.792. The first-order valence-electron chi connectivity index (χ1n) is 5.31. The molecule has 1 heterocycles. The van der Waals surface area contributed by atoms with E-state index in [-0.39, 0.29) is 11.9 Å². The van der Waals surface area contributed by atoms with Crippen LogP contribution in [0.25, 0.3) is 0 Å². The Morgan fingerprint density at radius 2 is 2.33 bits per heavy atom. The maximum atomic E-state index is 11.7. The largest absolute Gasteiger partial charge is 0.328 e. The fourth-order valence-corrected chi connectivity index (χ4v) is 2.10. The van der Waals surface area contributed by atoms with Crippen LogP contribution in [0.4, 0.5) is 5.69 Å².